The molecular formula is C17H16O. The number of hydrogen-bond acceptors (Lipinski definition) is 1. The van der Waals surface area contributed by atoms with E-state index in [9.17, 15) is 0 Å². The third-order valence-electron chi connectivity index (χ3n) is 3.55. The fourth-order valence-electron chi connectivity index (χ4n) is 2.67. The van der Waals surface area contributed by atoms with Crippen LogP contribution in [-0.4, -0.2) is 7.11 Å². The van der Waals surface area contributed by atoms with E-state index in [2.05, 4.69) is 54.6 Å². The minimum Gasteiger partial charge on any atom is -0.496 e. The van der Waals surface area contributed by atoms with Crippen LogP contribution in [-0.2, 0) is 0 Å². The number of rotatable bonds is 2. The van der Waals surface area contributed by atoms with Crippen molar-refractivity contribution in [3.05, 3.63) is 71.3 Å². The number of benzene rings is 2. The summed E-state index contributed by atoms with van der Waals surface area (Å²) >= 11 is 0. The SMILES string of the molecule is COc1cccc2c1C=CCC2c1ccccc1. The molecule has 90 valence electrons. The van der Waals surface area contributed by atoms with Crippen molar-refractivity contribution >= 4 is 6.08 Å². The molecule has 1 unspecified atom stereocenters. The summed E-state index contributed by atoms with van der Waals surface area (Å²) in [4.78, 5) is 0. The summed E-state index contributed by atoms with van der Waals surface area (Å²) in [6, 6.07) is 17.0. The molecule has 1 heteroatoms. The lowest BCUT2D eigenvalue weighted by atomic mass is 9.82. The van der Waals surface area contributed by atoms with Crippen molar-refractivity contribution in [2.75, 3.05) is 7.11 Å². The number of hydrogen-bond donors (Lipinski definition) is 0. The van der Waals surface area contributed by atoms with Crippen molar-refractivity contribution in [3.8, 4) is 5.75 Å². The molecule has 0 aliphatic heterocycles. The van der Waals surface area contributed by atoms with Crippen LogP contribution in [0.5, 0.6) is 5.75 Å². The Balaban J connectivity index is 2.11. The van der Waals surface area contributed by atoms with E-state index in [0.29, 0.717) is 5.92 Å². The smallest absolute Gasteiger partial charge is 0.126 e. The van der Waals surface area contributed by atoms with Crippen LogP contribution in [0.15, 0.2) is 54.6 Å². The summed E-state index contributed by atoms with van der Waals surface area (Å²) in [6.45, 7) is 0. The standard InChI is InChI=1S/C17H16O/c1-18-17-12-6-10-15-14(9-5-11-16(15)17)13-7-3-2-4-8-13/h2-8,10-12,14H,9H2,1H3. The van der Waals surface area contributed by atoms with Crippen LogP contribution in [0.25, 0.3) is 6.08 Å². The molecule has 1 nitrogen and oxygen atoms in total. The van der Waals surface area contributed by atoms with Gasteiger partial charge in [-0.3, -0.25) is 0 Å². The molecule has 0 radical (unpaired) electrons. The van der Waals surface area contributed by atoms with Crippen LogP contribution in [0.3, 0.4) is 0 Å². The van der Waals surface area contributed by atoms with Gasteiger partial charge in [-0.25, -0.2) is 0 Å². The maximum Gasteiger partial charge on any atom is 0.126 e. The van der Waals surface area contributed by atoms with Gasteiger partial charge in [0.2, 0.25) is 0 Å². The highest BCUT2D eigenvalue weighted by Crippen LogP contribution is 2.38. The summed E-state index contributed by atoms with van der Waals surface area (Å²) in [7, 11) is 1.73. The van der Waals surface area contributed by atoms with Crippen molar-refractivity contribution in [1.82, 2.24) is 0 Å². The fourth-order valence-corrected chi connectivity index (χ4v) is 2.67. The van der Waals surface area contributed by atoms with E-state index in [0.717, 1.165) is 12.2 Å². The highest BCUT2D eigenvalue weighted by molar-refractivity contribution is 5.65. The van der Waals surface area contributed by atoms with Crippen molar-refractivity contribution in [2.45, 2.75) is 12.3 Å². The molecule has 3 rings (SSSR count). The van der Waals surface area contributed by atoms with Gasteiger partial charge in [0.15, 0.2) is 0 Å². The van der Waals surface area contributed by atoms with Gasteiger partial charge in [-0.1, -0.05) is 54.6 Å². The second kappa shape index (κ2) is 4.69. The van der Waals surface area contributed by atoms with Crippen LogP contribution in [0.2, 0.25) is 0 Å². The van der Waals surface area contributed by atoms with Crippen LogP contribution in [0.4, 0.5) is 0 Å². The quantitative estimate of drug-likeness (QED) is 0.757. The fraction of sp³-hybridized carbons (Fsp3) is 0.176. The zero-order valence-electron chi connectivity index (χ0n) is 10.5. The van der Waals surface area contributed by atoms with E-state index in [4.69, 9.17) is 4.74 Å². The molecule has 18 heavy (non-hydrogen) atoms. The average molecular weight is 236 g/mol. The molecule has 0 spiro atoms. The monoisotopic (exact) mass is 236 g/mol. The van der Waals surface area contributed by atoms with Crippen LogP contribution < -0.4 is 4.74 Å². The van der Waals surface area contributed by atoms with Gasteiger partial charge in [0, 0.05) is 11.5 Å². The molecule has 1 aliphatic rings. The van der Waals surface area contributed by atoms with Crippen LogP contribution >= 0.6 is 0 Å². The first-order valence-electron chi connectivity index (χ1n) is 6.28. The van der Waals surface area contributed by atoms with Gasteiger partial charge in [-0.15, -0.1) is 0 Å². The third kappa shape index (κ3) is 1.82. The molecule has 0 bridgehead atoms. The molecular weight excluding hydrogens is 220 g/mol. The van der Waals surface area contributed by atoms with Crippen LogP contribution in [0.1, 0.15) is 29.0 Å². The summed E-state index contributed by atoms with van der Waals surface area (Å²) in [5, 5.41) is 0. The second-order valence-corrected chi connectivity index (χ2v) is 4.56. The minimum absolute atomic E-state index is 0.446. The molecule has 0 heterocycles. The topological polar surface area (TPSA) is 9.23 Å². The van der Waals surface area contributed by atoms with E-state index < -0.39 is 0 Å². The Hall–Kier alpha value is -2.02. The second-order valence-electron chi connectivity index (χ2n) is 4.56. The lowest BCUT2D eigenvalue weighted by Gasteiger charge is -2.23. The predicted octanol–water partition coefficient (Wildman–Crippen LogP) is 4.24. The molecule has 0 aromatic heterocycles. The first kappa shape index (κ1) is 11.1. The maximum absolute atomic E-state index is 5.45. The van der Waals surface area contributed by atoms with Gasteiger partial charge in [0.1, 0.15) is 5.75 Å². The Morgan fingerprint density at radius 3 is 2.61 bits per heavy atom. The summed E-state index contributed by atoms with van der Waals surface area (Å²) in [5.74, 6) is 1.41. The van der Waals surface area contributed by atoms with Gasteiger partial charge in [0.05, 0.1) is 7.11 Å². The summed E-state index contributed by atoms with van der Waals surface area (Å²) < 4.78 is 5.45. The Bertz CT molecular complexity index is 569. The van der Waals surface area contributed by atoms with Gasteiger partial charge in [-0.2, -0.15) is 0 Å². The summed E-state index contributed by atoms with van der Waals surface area (Å²) in [5.41, 5.74) is 3.96. The highest BCUT2D eigenvalue weighted by atomic mass is 16.5. The molecule has 2 aromatic carbocycles. The minimum atomic E-state index is 0.446. The molecule has 0 N–H and O–H groups in total. The molecule has 0 amide bonds. The van der Waals surface area contributed by atoms with Crippen molar-refractivity contribution in [3.63, 3.8) is 0 Å². The normalized spacial score (nSPS) is 17.3. The highest BCUT2D eigenvalue weighted by Gasteiger charge is 2.20. The number of methoxy groups -OCH3 is 1. The Morgan fingerprint density at radius 2 is 1.83 bits per heavy atom. The first-order chi connectivity index (χ1) is 8.90. The average Bonchev–Trinajstić information content (AvgIpc) is 2.47. The molecule has 0 saturated carbocycles. The van der Waals surface area contributed by atoms with Crippen molar-refractivity contribution in [1.29, 1.82) is 0 Å². The lowest BCUT2D eigenvalue weighted by Crippen LogP contribution is -2.06. The molecule has 2 aromatic rings. The Labute approximate surface area is 108 Å². The Morgan fingerprint density at radius 1 is 1.00 bits per heavy atom. The van der Waals surface area contributed by atoms with Gasteiger partial charge in [0.25, 0.3) is 0 Å². The van der Waals surface area contributed by atoms with E-state index >= 15 is 0 Å². The van der Waals surface area contributed by atoms with Crippen LogP contribution in [0, 0.1) is 0 Å². The summed E-state index contributed by atoms with van der Waals surface area (Å²) in [6.07, 6.45) is 5.47. The maximum atomic E-state index is 5.45. The van der Waals surface area contributed by atoms with E-state index in [1.807, 2.05) is 6.07 Å². The largest absolute Gasteiger partial charge is 0.496 e. The lowest BCUT2D eigenvalue weighted by molar-refractivity contribution is 0.412. The number of ether oxygens (including phenoxy) is 1. The number of allylic oxidation sites excluding steroid dienone is 1. The number of fused-ring (bicyclic) bond motifs is 1. The van der Waals surface area contributed by atoms with Gasteiger partial charge >= 0.3 is 0 Å². The zero-order chi connectivity index (χ0) is 12.4. The first-order valence-corrected chi connectivity index (χ1v) is 6.28. The van der Waals surface area contributed by atoms with E-state index in [-0.39, 0.29) is 0 Å². The molecule has 1 aliphatic carbocycles. The third-order valence-corrected chi connectivity index (χ3v) is 3.55. The van der Waals surface area contributed by atoms with Crippen molar-refractivity contribution < 1.29 is 4.74 Å². The van der Waals surface area contributed by atoms with E-state index in [1.165, 1.54) is 16.7 Å². The van der Waals surface area contributed by atoms with Gasteiger partial charge < -0.3 is 4.74 Å². The van der Waals surface area contributed by atoms with E-state index in [1.54, 1.807) is 7.11 Å². The molecule has 0 saturated heterocycles. The van der Waals surface area contributed by atoms with Crippen molar-refractivity contribution in [2.24, 2.45) is 0 Å². The van der Waals surface area contributed by atoms with Gasteiger partial charge in [-0.05, 0) is 23.6 Å². The predicted molar refractivity (Wildman–Crippen MR) is 74.9 cm³/mol. The Kier molecular flexibility index (Phi) is 2.89. The molecule has 0 fully saturated rings. The zero-order valence-corrected chi connectivity index (χ0v) is 10.5. The molecule has 1 atom stereocenters.